The molecule has 1 aliphatic carbocycles. The molecule has 0 bridgehead atoms. The Balaban J connectivity index is 0.964. The molecule has 3 aliphatic rings. The second-order valence-corrected chi connectivity index (χ2v) is 20.1. The van der Waals surface area contributed by atoms with Crippen molar-refractivity contribution in [3.8, 4) is 5.69 Å². The molecule has 5 heterocycles. The van der Waals surface area contributed by atoms with Gasteiger partial charge in [0.05, 0.1) is 39.3 Å². The number of H-pyrrole nitrogens is 1. The van der Waals surface area contributed by atoms with Gasteiger partial charge < -0.3 is 19.9 Å². The number of aromatic nitrogens is 4. The highest BCUT2D eigenvalue weighted by molar-refractivity contribution is 7.90. The number of nitrogens with zero attached hydrogens (tertiary/aromatic N) is 7. The Labute approximate surface area is 386 Å². The number of anilines is 2. The van der Waals surface area contributed by atoms with Gasteiger partial charge in [0.1, 0.15) is 11.2 Å². The average molecular weight is 936 g/mol. The first-order valence-electron chi connectivity index (χ1n) is 22.0. The number of sulfonamides is 1. The Bertz CT molecular complexity index is 3000. The summed E-state index contributed by atoms with van der Waals surface area (Å²) < 4.78 is 37.4. The number of ether oxygens (including phenoxy) is 1. The SMILES string of the molecule is CC(=O)N1CCO[C@@H](CNc2ccc(S(=O)(=O)NC(=O)c3ccc(N4CCN(CC5=C(c6ccc(Cl)cc6)CC(C)(C)CC5)CC4)cc3-n3[nH]cc4nc5nccc5cc43)cc2[N+](=O)[O-])C1. The molecule has 2 amide bonds. The monoisotopic (exact) mass is 934 g/mol. The second-order valence-electron chi connectivity index (χ2n) is 18.0. The molecule has 3 aromatic carbocycles. The largest absolute Gasteiger partial charge is 0.377 e. The van der Waals surface area contributed by atoms with Gasteiger partial charge in [-0.1, -0.05) is 43.2 Å². The number of piperazine rings is 1. The summed E-state index contributed by atoms with van der Waals surface area (Å²) >= 11 is 6.26. The molecule has 0 spiro atoms. The lowest BCUT2D eigenvalue weighted by Crippen LogP contribution is -2.47. The number of morpholine rings is 1. The van der Waals surface area contributed by atoms with Gasteiger partial charge >= 0.3 is 0 Å². The fourth-order valence-corrected chi connectivity index (χ4v) is 10.3. The number of rotatable bonds is 12. The van der Waals surface area contributed by atoms with Crippen LogP contribution in [-0.4, -0.2) is 120 Å². The van der Waals surface area contributed by atoms with Crippen molar-refractivity contribution in [2.75, 3.05) is 69.2 Å². The van der Waals surface area contributed by atoms with Gasteiger partial charge in [-0.25, -0.2) is 23.1 Å². The van der Waals surface area contributed by atoms with Gasteiger partial charge in [0.15, 0.2) is 5.65 Å². The number of pyridine rings is 1. The van der Waals surface area contributed by atoms with E-state index in [1.807, 2.05) is 36.4 Å². The summed E-state index contributed by atoms with van der Waals surface area (Å²) in [6.07, 6.45) is 6.10. The zero-order chi connectivity index (χ0) is 46.3. The van der Waals surface area contributed by atoms with Crippen molar-refractivity contribution in [2.45, 2.75) is 51.0 Å². The third kappa shape index (κ3) is 9.49. The standard InChI is InChI=1S/C47H51ClN10O7S/c1-30(59)56-20-21-65-36(29-56)26-50-40-11-9-37(24-44(40)58(61)62)66(63,64)53-46(60)38-10-8-35(23-42(38)57-43-22-32-13-15-49-45(32)52-41(43)27-51-57)55-18-16-54(17-19-55)28-33-12-14-47(2,3)25-39(33)31-4-6-34(48)7-5-31/h4-11,13,15,22-24,27,36,50-51H,12,14,16-21,25-26,28-29H2,1-3H3,(H,53,60)/t36-/m0/s1. The van der Waals surface area contributed by atoms with Crippen LogP contribution in [0.15, 0.2) is 95.7 Å². The zero-order valence-electron chi connectivity index (χ0n) is 36.9. The Morgan fingerprint density at radius 1 is 1.02 bits per heavy atom. The van der Waals surface area contributed by atoms with E-state index in [1.165, 1.54) is 35.8 Å². The third-order valence-corrected chi connectivity index (χ3v) is 14.4. The summed E-state index contributed by atoms with van der Waals surface area (Å²) in [7, 11) is -4.63. The number of fused-ring (bicyclic) bond motifs is 2. The minimum Gasteiger partial charge on any atom is -0.377 e. The molecule has 6 aromatic rings. The second kappa shape index (κ2) is 18.1. The highest BCUT2D eigenvalue weighted by atomic mass is 35.5. The van der Waals surface area contributed by atoms with Crippen LogP contribution in [0.25, 0.3) is 33.3 Å². The molecule has 2 aliphatic heterocycles. The van der Waals surface area contributed by atoms with Gasteiger partial charge in [-0.15, -0.1) is 0 Å². The topological polar surface area (TPSA) is 201 Å². The summed E-state index contributed by atoms with van der Waals surface area (Å²) in [5.74, 6) is -1.04. The van der Waals surface area contributed by atoms with Crippen molar-refractivity contribution >= 4 is 78.1 Å². The lowest BCUT2D eigenvalue weighted by Gasteiger charge is -2.39. The number of nitro benzene ring substituents is 1. The molecule has 19 heteroatoms. The molecule has 1 atom stereocenters. The number of carbonyl (C=O) groups is 2. The van der Waals surface area contributed by atoms with E-state index in [4.69, 9.17) is 16.3 Å². The van der Waals surface area contributed by atoms with Gasteiger partial charge in [-0.05, 0) is 90.4 Å². The molecular weight excluding hydrogens is 884 g/mol. The number of carbonyl (C=O) groups excluding carboxylic acids is 2. The molecular formula is C47H51ClN10O7S. The highest BCUT2D eigenvalue weighted by Gasteiger charge is 2.31. The molecule has 0 radical (unpaired) electrons. The van der Waals surface area contributed by atoms with Crippen LogP contribution in [0.3, 0.4) is 0 Å². The number of amides is 2. The zero-order valence-corrected chi connectivity index (χ0v) is 38.5. The summed E-state index contributed by atoms with van der Waals surface area (Å²) in [5.41, 5.74) is 6.90. The summed E-state index contributed by atoms with van der Waals surface area (Å²) in [6.45, 7) is 11.3. The first-order valence-corrected chi connectivity index (χ1v) is 23.8. The molecule has 66 heavy (non-hydrogen) atoms. The van der Waals surface area contributed by atoms with Gasteiger partial charge in [0.25, 0.3) is 21.6 Å². The predicted molar refractivity (Wildman–Crippen MR) is 254 cm³/mol. The molecule has 2 saturated heterocycles. The van der Waals surface area contributed by atoms with Crippen LogP contribution in [0.4, 0.5) is 17.1 Å². The number of halogens is 1. The van der Waals surface area contributed by atoms with Crippen LogP contribution in [0, 0.1) is 15.5 Å². The minimum absolute atomic E-state index is 0.0391. The number of aromatic amines is 1. The van der Waals surface area contributed by atoms with Crippen LogP contribution in [0.1, 0.15) is 56.0 Å². The number of hydrogen-bond acceptors (Lipinski definition) is 12. The molecule has 344 valence electrons. The summed E-state index contributed by atoms with van der Waals surface area (Å²) in [4.78, 5) is 52.6. The first kappa shape index (κ1) is 44.8. The number of nitro groups is 1. The van der Waals surface area contributed by atoms with Crippen LogP contribution < -0.4 is 14.9 Å². The normalized spacial score (nSPS) is 18.2. The maximum absolute atomic E-state index is 14.2. The van der Waals surface area contributed by atoms with Crippen LogP contribution in [-0.2, 0) is 19.6 Å². The van der Waals surface area contributed by atoms with E-state index in [1.54, 1.807) is 28.0 Å². The van der Waals surface area contributed by atoms with E-state index in [2.05, 4.69) is 60.9 Å². The molecule has 17 nitrogen and oxygen atoms in total. The lowest BCUT2D eigenvalue weighted by atomic mass is 9.72. The van der Waals surface area contributed by atoms with Crippen LogP contribution >= 0.6 is 11.6 Å². The van der Waals surface area contributed by atoms with E-state index in [0.29, 0.717) is 42.1 Å². The van der Waals surface area contributed by atoms with Gasteiger partial charge in [-0.3, -0.25) is 34.4 Å². The Morgan fingerprint density at radius 2 is 1.80 bits per heavy atom. The van der Waals surface area contributed by atoms with Crippen molar-refractivity contribution in [1.29, 1.82) is 0 Å². The van der Waals surface area contributed by atoms with Gasteiger partial charge in [0, 0.05) is 93.8 Å². The van der Waals surface area contributed by atoms with Crippen LogP contribution in [0.2, 0.25) is 5.02 Å². The van der Waals surface area contributed by atoms with E-state index >= 15 is 0 Å². The maximum Gasteiger partial charge on any atom is 0.293 e. The number of benzene rings is 3. The predicted octanol–water partition coefficient (Wildman–Crippen LogP) is 7.03. The minimum atomic E-state index is -4.63. The van der Waals surface area contributed by atoms with Gasteiger partial charge in [-0.2, -0.15) is 0 Å². The maximum atomic E-state index is 14.2. The number of hydrogen-bond donors (Lipinski definition) is 3. The van der Waals surface area contributed by atoms with Crippen molar-refractivity contribution < 1.29 is 27.7 Å². The first-order chi connectivity index (χ1) is 31.6. The van der Waals surface area contributed by atoms with E-state index in [9.17, 15) is 28.1 Å². The van der Waals surface area contributed by atoms with Crippen molar-refractivity contribution in [3.05, 3.63) is 117 Å². The van der Waals surface area contributed by atoms with Crippen LogP contribution in [0.5, 0.6) is 0 Å². The molecule has 2 fully saturated rings. The fourth-order valence-electron chi connectivity index (χ4n) is 9.18. The van der Waals surface area contributed by atoms with Crippen molar-refractivity contribution in [3.63, 3.8) is 0 Å². The summed E-state index contributed by atoms with van der Waals surface area (Å²) in [6, 6.07) is 20.6. The molecule has 3 aromatic heterocycles. The smallest absolute Gasteiger partial charge is 0.293 e. The van der Waals surface area contributed by atoms with Crippen molar-refractivity contribution in [1.82, 2.24) is 34.3 Å². The summed E-state index contributed by atoms with van der Waals surface area (Å²) in [5, 5.41) is 19.9. The van der Waals surface area contributed by atoms with E-state index < -0.39 is 37.5 Å². The Hall–Kier alpha value is -6.34. The average Bonchev–Trinajstić information content (AvgIpc) is 3.94. The molecule has 0 unspecified atom stereocenters. The lowest BCUT2D eigenvalue weighted by molar-refractivity contribution is -0.384. The molecule has 3 N–H and O–H groups in total. The number of allylic oxidation sites excluding steroid dienone is 1. The van der Waals surface area contributed by atoms with E-state index in [0.717, 1.165) is 74.1 Å². The third-order valence-electron chi connectivity index (χ3n) is 12.9. The van der Waals surface area contributed by atoms with Crippen molar-refractivity contribution in [2.24, 2.45) is 5.41 Å². The number of nitrogens with one attached hydrogen (secondary N) is 3. The molecule has 9 rings (SSSR count). The van der Waals surface area contributed by atoms with Gasteiger partial charge in [0.2, 0.25) is 5.91 Å². The Morgan fingerprint density at radius 3 is 2.56 bits per heavy atom. The Kier molecular flexibility index (Phi) is 12.3. The molecule has 0 saturated carbocycles. The fraction of sp³-hybridized carbons (Fsp3) is 0.362. The quantitative estimate of drug-likeness (QED) is 0.0838. The van der Waals surface area contributed by atoms with E-state index in [-0.39, 0.29) is 29.1 Å². The highest BCUT2D eigenvalue weighted by Crippen LogP contribution is 2.43.